The number of benzene rings is 1. The number of aliphatic hydroxyl groups is 1. The standard InChI is InChI=1S/C17H18ClNO7S/c1-8-9-3-11(18)15(25-2)5-14(9)26-17(22)10(8)4-16(21)19-12-6-27(23,24)7-13(12)20/h3,5,12-13,20H,4,6-7H2,1-2H3,(H,19,21). The van der Waals surface area contributed by atoms with Crippen LogP contribution in [-0.4, -0.2) is 50.2 Å². The van der Waals surface area contributed by atoms with E-state index in [4.69, 9.17) is 20.8 Å². The summed E-state index contributed by atoms with van der Waals surface area (Å²) in [6.07, 6.45) is -1.48. The average Bonchev–Trinajstić information content (AvgIpc) is 2.83. The van der Waals surface area contributed by atoms with Crippen molar-refractivity contribution in [1.82, 2.24) is 5.32 Å². The maximum absolute atomic E-state index is 12.3. The molecule has 146 valence electrons. The molecular weight excluding hydrogens is 398 g/mol. The van der Waals surface area contributed by atoms with Gasteiger partial charge in [0.2, 0.25) is 5.91 Å². The quantitative estimate of drug-likeness (QED) is 0.700. The Bertz CT molecular complexity index is 1080. The minimum atomic E-state index is -3.39. The van der Waals surface area contributed by atoms with E-state index < -0.39 is 39.3 Å². The molecule has 2 heterocycles. The summed E-state index contributed by atoms with van der Waals surface area (Å²) < 4.78 is 33.4. The van der Waals surface area contributed by atoms with Crippen molar-refractivity contribution in [3.05, 3.63) is 38.7 Å². The summed E-state index contributed by atoms with van der Waals surface area (Å²) in [6.45, 7) is 1.67. The lowest BCUT2D eigenvalue weighted by molar-refractivity contribution is -0.121. The first-order valence-corrected chi connectivity index (χ1v) is 10.3. The number of halogens is 1. The number of carbonyl (C=O) groups excluding carboxylic acids is 1. The molecule has 1 fully saturated rings. The average molecular weight is 416 g/mol. The molecule has 0 aliphatic carbocycles. The summed E-state index contributed by atoms with van der Waals surface area (Å²) in [5.41, 5.74) is 0.261. The number of sulfone groups is 1. The largest absolute Gasteiger partial charge is 0.495 e. The molecule has 1 aliphatic heterocycles. The second-order valence-corrected chi connectivity index (χ2v) is 9.03. The predicted octanol–water partition coefficient (Wildman–Crippen LogP) is 0.580. The van der Waals surface area contributed by atoms with Crippen LogP contribution in [-0.2, 0) is 21.1 Å². The highest BCUT2D eigenvalue weighted by atomic mass is 35.5. The third-order valence-electron chi connectivity index (χ3n) is 4.57. The van der Waals surface area contributed by atoms with Gasteiger partial charge >= 0.3 is 5.63 Å². The molecule has 10 heteroatoms. The second kappa shape index (κ2) is 7.14. The lowest BCUT2D eigenvalue weighted by Gasteiger charge is -2.15. The van der Waals surface area contributed by atoms with Crippen molar-refractivity contribution >= 4 is 38.3 Å². The number of carbonyl (C=O) groups is 1. The molecular formula is C17H18ClNO7S. The number of fused-ring (bicyclic) bond motifs is 1. The molecule has 2 aromatic rings. The minimum absolute atomic E-state index is 0.136. The molecule has 1 amide bonds. The van der Waals surface area contributed by atoms with Gasteiger partial charge in [-0.3, -0.25) is 4.79 Å². The zero-order chi connectivity index (χ0) is 19.9. The lowest BCUT2D eigenvalue weighted by Crippen LogP contribution is -2.43. The van der Waals surface area contributed by atoms with Crippen LogP contribution in [0.3, 0.4) is 0 Å². The molecule has 1 saturated heterocycles. The van der Waals surface area contributed by atoms with Crippen LogP contribution in [0.25, 0.3) is 11.0 Å². The lowest BCUT2D eigenvalue weighted by atomic mass is 10.0. The summed E-state index contributed by atoms with van der Waals surface area (Å²) in [7, 11) is -1.95. The van der Waals surface area contributed by atoms with Crippen molar-refractivity contribution < 1.29 is 27.5 Å². The molecule has 1 aromatic carbocycles. The number of ether oxygens (including phenoxy) is 1. The topological polar surface area (TPSA) is 123 Å². The fourth-order valence-corrected chi connectivity index (χ4v) is 5.12. The van der Waals surface area contributed by atoms with E-state index in [1.807, 2.05) is 0 Å². The fraction of sp³-hybridized carbons (Fsp3) is 0.412. The van der Waals surface area contributed by atoms with Crippen LogP contribution in [0.4, 0.5) is 0 Å². The van der Waals surface area contributed by atoms with Gasteiger partial charge in [0.25, 0.3) is 0 Å². The summed E-state index contributed by atoms with van der Waals surface area (Å²) in [5, 5.41) is 13.1. The first-order chi connectivity index (χ1) is 12.6. The Morgan fingerprint density at radius 3 is 2.70 bits per heavy atom. The SMILES string of the molecule is COc1cc2oc(=O)c(CC(=O)NC3CS(=O)(=O)CC3O)c(C)c2cc1Cl. The second-order valence-electron chi connectivity index (χ2n) is 6.47. The van der Waals surface area contributed by atoms with Crippen molar-refractivity contribution in [2.75, 3.05) is 18.6 Å². The third-order valence-corrected chi connectivity index (χ3v) is 6.58. The molecule has 1 aromatic heterocycles. The van der Waals surface area contributed by atoms with Crippen LogP contribution in [0, 0.1) is 6.92 Å². The van der Waals surface area contributed by atoms with Crippen LogP contribution in [0.5, 0.6) is 5.75 Å². The Labute approximate surface area is 160 Å². The van der Waals surface area contributed by atoms with Gasteiger partial charge in [0.15, 0.2) is 9.84 Å². The van der Waals surface area contributed by atoms with E-state index >= 15 is 0 Å². The monoisotopic (exact) mass is 415 g/mol. The Balaban J connectivity index is 1.88. The van der Waals surface area contributed by atoms with E-state index in [2.05, 4.69) is 5.32 Å². The van der Waals surface area contributed by atoms with E-state index in [0.29, 0.717) is 21.7 Å². The van der Waals surface area contributed by atoms with Crippen LogP contribution >= 0.6 is 11.6 Å². The van der Waals surface area contributed by atoms with Gasteiger partial charge in [-0.1, -0.05) is 11.6 Å². The Kier molecular flexibility index (Phi) is 5.20. The fourth-order valence-electron chi connectivity index (χ4n) is 3.14. The number of rotatable bonds is 4. The highest BCUT2D eigenvalue weighted by Crippen LogP contribution is 2.31. The highest BCUT2D eigenvalue weighted by molar-refractivity contribution is 7.91. The van der Waals surface area contributed by atoms with Gasteiger partial charge < -0.3 is 19.6 Å². The molecule has 0 spiro atoms. The molecule has 3 rings (SSSR count). The highest BCUT2D eigenvalue weighted by Gasteiger charge is 2.37. The van der Waals surface area contributed by atoms with E-state index in [0.717, 1.165) is 0 Å². The first kappa shape index (κ1) is 19.7. The molecule has 2 N–H and O–H groups in total. The van der Waals surface area contributed by atoms with E-state index in [1.54, 1.807) is 13.0 Å². The Hall–Kier alpha value is -2.10. The van der Waals surface area contributed by atoms with Crippen LogP contribution < -0.4 is 15.7 Å². The van der Waals surface area contributed by atoms with Crippen molar-refractivity contribution in [2.45, 2.75) is 25.5 Å². The van der Waals surface area contributed by atoms with Crippen molar-refractivity contribution in [1.29, 1.82) is 0 Å². The van der Waals surface area contributed by atoms with Gasteiger partial charge in [0.1, 0.15) is 11.3 Å². The number of hydrogen-bond acceptors (Lipinski definition) is 7. The first-order valence-electron chi connectivity index (χ1n) is 8.09. The van der Waals surface area contributed by atoms with Gasteiger partial charge in [-0.25, -0.2) is 13.2 Å². The van der Waals surface area contributed by atoms with Gasteiger partial charge in [0.05, 0.1) is 47.8 Å². The maximum Gasteiger partial charge on any atom is 0.340 e. The molecule has 1 aliphatic rings. The zero-order valence-corrected chi connectivity index (χ0v) is 16.2. The number of hydrogen-bond donors (Lipinski definition) is 2. The molecule has 0 saturated carbocycles. The van der Waals surface area contributed by atoms with Gasteiger partial charge in [-0.2, -0.15) is 0 Å². The van der Waals surface area contributed by atoms with Gasteiger partial charge in [-0.15, -0.1) is 0 Å². The number of nitrogens with one attached hydrogen (secondary N) is 1. The van der Waals surface area contributed by atoms with Crippen molar-refractivity contribution in [3.8, 4) is 5.75 Å². The molecule has 0 bridgehead atoms. The van der Waals surface area contributed by atoms with Crippen LogP contribution in [0.1, 0.15) is 11.1 Å². The number of amides is 1. The molecule has 2 atom stereocenters. The van der Waals surface area contributed by atoms with E-state index in [-0.39, 0.29) is 23.3 Å². The summed E-state index contributed by atoms with van der Waals surface area (Å²) in [5.74, 6) is -0.949. The minimum Gasteiger partial charge on any atom is -0.495 e. The summed E-state index contributed by atoms with van der Waals surface area (Å²) in [6, 6.07) is 2.19. The molecule has 2 unspecified atom stereocenters. The molecule has 0 radical (unpaired) electrons. The van der Waals surface area contributed by atoms with Gasteiger partial charge in [-0.05, 0) is 18.6 Å². The number of aryl methyl sites for hydroxylation is 1. The Morgan fingerprint density at radius 1 is 1.41 bits per heavy atom. The Morgan fingerprint density at radius 2 is 2.11 bits per heavy atom. The molecule has 8 nitrogen and oxygen atoms in total. The molecule has 27 heavy (non-hydrogen) atoms. The smallest absolute Gasteiger partial charge is 0.340 e. The normalized spacial score (nSPS) is 21.3. The maximum atomic E-state index is 12.3. The predicted molar refractivity (Wildman–Crippen MR) is 99.1 cm³/mol. The third kappa shape index (κ3) is 3.95. The summed E-state index contributed by atoms with van der Waals surface area (Å²) in [4.78, 5) is 24.6. The van der Waals surface area contributed by atoms with Crippen molar-refractivity contribution in [2.24, 2.45) is 0 Å². The summed E-state index contributed by atoms with van der Waals surface area (Å²) >= 11 is 6.12. The zero-order valence-electron chi connectivity index (χ0n) is 14.6. The van der Waals surface area contributed by atoms with Crippen molar-refractivity contribution in [3.63, 3.8) is 0 Å². The number of aliphatic hydroxyl groups excluding tert-OH is 1. The van der Waals surface area contributed by atoms with Crippen LogP contribution in [0.2, 0.25) is 5.02 Å². The van der Waals surface area contributed by atoms with E-state index in [1.165, 1.54) is 13.2 Å². The van der Waals surface area contributed by atoms with E-state index in [9.17, 15) is 23.1 Å². The van der Waals surface area contributed by atoms with Gasteiger partial charge in [0, 0.05) is 11.5 Å². The van der Waals surface area contributed by atoms with Crippen LogP contribution in [0.15, 0.2) is 21.3 Å². The number of methoxy groups -OCH3 is 1.